The molecule has 1 aliphatic heterocycles. The van der Waals surface area contributed by atoms with Crippen LogP contribution in [0, 0.1) is 0 Å². The lowest BCUT2D eigenvalue weighted by Crippen LogP contribution is -2.04. The summed E-state index contributed by atoms with van der Waals surface area (Å²) in [6.45, 7) is 9.19. The highest BCUT2D eigenvalue weighted by atomic mass is 32.2. The standard InChI is InChI=1S/C20H15F2NOS2.3C2H6/c21-20(22)24-14-9-7-13(8-10-14)19-12-16(17-6-3-11-25-17)23-15-4-1-2-5-18(15)26-19;3*1-2/h1-11,19-20H,12H2;3*1-2H3. The van der Waals surface area contributed by atoms with Crippen LogP contribution in [0.15, 0.2) is 75.9 Å². The highest BCUT2D eigenvalue weighted by Crippen LogP contribution is 2.46. The Kier molecular flexibility index (Phi) is 13.6. The van der Waals surface area contributed by atoms with Gasteiger partial charge in [-0.3, -0.25) is 4.99 Å². The zero-order chi connectivity index (χ0) is 23.9. The van der Waals surface area contributed by atoms with Gasteiger partial charge in [-0.15, -0.1) is 23.1 Å². The molecule has 0 N–H and O–H groups in total. The van der Waals surface area contributed by atoms with Crippen molar-refractivity contribution in [2.75, 3.05) is 0 Å². The maximum Gasteiger partial charge on any atom is 0.387 e. The van der Waals surface area contributed by atoms with E-state index in [0.717, 1.165) is 33.2 Å². The molecule has 1 aliphatic rings. The molecule has 6 heteroatoms. The van der Waals surface area contributed by atoms with E-state index >= 15 is 0 Å². The molecule has 3 aromatic rings. The Morgan fingerprint density at radius 2 is 1.53 bits per heavy atom. The molecule has 1 aromatic heterocycles. The number of nitrogens with zero attached hydrogens (tertiary/aromatic N) is 1. The predicted molar refractivity (Wildman–Crippen MR) is 137 cm³/mol. The van der Waals surface area contributed by atoms with Gasteiger partial charge in [0.1, 0.15) is 5.75 Å². The van der Waals surface area contributed by atoms with E-state index in [1.54, 1.807) is 35.2 Å². The van der Waals surface area contributed by atoms with Crippen LogP contribution in [0.5, 0.6) is 5.75 Å². The molecule has 0 aliphatic carbocycles. The number of aliphatic imine (C=N–C) groups is 1. The Bertz CT molecular complexity index is 910. The summed E-state index contributed by atoms with van der Waals surface area (Å²) in [5.41, 5.74) is 3.09. The molecule has 2 nitrogen and oxygen atoms in total. The smallest absolute Gasteiger partial charge is 0.387 e. The van der Waals surface area contributed by atoms with Crippen molar-refractivity contribution in [3.63, 3.8) is 0 Å². The first kappa shape index (κ1) is 27.9. The third-order valence-corrected chi connectivity index (χ3v) is 6.29. The van der Waals surface area contributed by atoms with Gasteiger partial charge in [-0.05, 0) is 41.3 Å². The van der Waals surface area contributed by atoms with E-state index in [9.17, 15) is 8.78 Å². The molecule has 0 radical (unpaired) electrons. The number of benzene rings is 2. The van der Waals surface area contributed by atoms with E-state index in [1.165, 1.54) is 0 Å². The normalized spacial score (nSPS) is 14.2. The van der Waals surface area contributed by atoms with Crippen LogP contribution in [0.2, 0.25) is 0 Å². The minimum Gasteiger partial charge on any atom is -0.435 e. The van der Waals surface area contributed by atoms with Crippen LogP contribution < -0.4 is 4.74 Å². The van der Waals surface area contributed by atoms with Crippen molar-refractivity contribution in [2.24, 2.45) is 4.99 Å². The van der Waals surface area contributed by atoms with Gasteiger partial charge in [-0.1, -0.05) is 71.9 Å². The molecule has 1 unspecified atom stereocenters. The molecule has 0 saturated carbocycles. The van der Waals surface area contributed by atoms with Crippen molar-refractivity contribution in [1.29, 1.82) is 0 Å². The Balaban J connectivity index is 0.000000789. The zero-order valence-corrected chi connectivity index (χ0v) is 21.3. The average Bonchev–Trinajstić information content (AvgIpc) is 3.31. The molecule has 4 rings (SSSR count). The lowest BCUT2D eigenvalue weighted by atomic mass is 10.1. The molecule has 0 amide bonds. The van der Waals surface area contributed by atoms with Crippen LogP contribution in [-0.4, -0.2) is 12.3 Å². The highest BCUT2D eigenvalue weighted by Gasteiger charge is 2.23. The van der Waals surface area contributed by atoms with Gasteiger partial charge in [0.05, 0.1) is 11.4 Å². The fourth-order valence-electron chi connectivity index (χ4n) is 2.86. The van der Waals surface area contributed by atoms with Crippen molar-refractivity contribution in [2.45, 2.75) is 64.7 Å². The van der Waals surface area contributed by atoms with Gasteiger partial charge < -0.3 is 4.74 Å². The second-order valence-corrected chi connectivity index (χ2v) is 7.95. The number of halogens is 2. The van der Waals surface area contributed by atoms with Gasteiger partial charge >= 0.3 is 6.61 Å². The van der Waals surface area contributed by atoms with Gasteiger partial charge in [0, 0.05) is 21.4 Å². The van der Waals surface area contributed by atoms with Crippen LogP contribution >= 0.6 is 23.1 Å². The van der Waals surface area contributed by atoms with Gasteiger partial charge in [-0.25, -0.2) is 0 Å². The second-order valence-electron chi connectivity index (χ2n) is 5.76. The molecule has 2 aromatic carbocycles. The molecular formula is C26H33F2NOS2. The van der Waals surface area contributed by atoms with Crippen LogP contribution in [0.3, 0.4) is 0 Å². The fourth-order valence-corrected chi connectivity index (χ4v) is 4.82. The molecule has 2 heterocycles. The topological polar surface area (TPSA) is 21.6 Å². The summed E-state index contributed by atoms with van der Waals surface area (Å²) in [6.07, 6.45) is 0.773. The number of thiophene rings is 1. The molecule has 0 bridgehead atoms. The van der Waals surface area contributed by atoms with Crippen molar-refractivity contribution >= 4 is 34.5 Å². The monoisotopic (exact) mass is 477 g/mol. The number of rotatable bonds is 4. The SMILES string of the molecule is CC.CC.CC.FC(F)Oc1ccc(C2CC(c3cccs3)=Nc3ccccc3S2)cc1. The summed E-state index contributed by atoms with van der Waals surface area (Å²) in [5.74, 6) is 0.176. The van der Waals surface area contributed by atoms with E-state index in [2.05, 4.69) is 16.9 Å². The molecule has 1 atom stereocenters. The van der Waals surface area contributed by atoms with E-state index < -0.39 is 6.61 Å². The summed E-state index contributed by atoms with van der Waals surface area (Å²) in [7, 11) is 0. The van der Waals surface area contributed by atoms with Crippen LogP contribution in [0.1, 0.15) is 63.7 Å². The van der Waals surface area contributed by atoms with E-state index in [-0.39, 0.29) is 11.0 Å². The van der Waals surface area contributed by atoms with Crippen molar-refractivity contribution in [1.82, 2.24) is 0 Å². The summed E-state index contributed by atoms with van der Waals surface area (Å²) in [5, 5.41) is 2.20. The first-order valence-corrected chi connectivity index (χ1v) is 12.9. The van der Waals surface area contributed by atoms with Gasteiger partial charge in [0.2, 0.25) is 0 Å². The van der Waals surface area contributed by atoms with Crippen molar-refractivity contribution in [3.05, 3.63) is 76.5 Å². The molecule has 0 spiro atoms. The number of hydrogen-bond acceptors (Lipinski definition) is 4. The summed E-state index contributed by atoms with van der Waals surface area (Å²) in [4.78, 5) is 7.18. The number of para-hydroxylation sites is 1. The Morgan fingerprint density at radius 3 is 2.12 bits per heavy atom. The minimum absolute atomic E-state index is 0.153. The van der Waals surface area contributed by atoms with Crippen LogP contribution in [0.25, 0.3) is 0 Å². The minimum atomic E-state index is -2.81. The van der Waals surface area contributed by atoms with Crippen molar-refractivity contribution < 1.29 is 13.5 Å². The lowest BCUT2D eigenvalue weighted by Gasteiger charge is -2.16. The van der Waals surface area contributed by atoms with Gasteiger partial charge in [0.15, 0.2) is 0 Å². The average molecular weight is 478 g/mol. The maximum absolute atomic E-state index is 12.4. The summed E-state index contributed by atoms with van der Waals surface area (Å²) in [6, 6.07) is 19.1. The number of alkyl halides is 2. The first-order chi connectivity index (χ1) is 15.7. The summed E-state index contributed by atoms with van der Waals surface area (Å²) < 4.78 is 29.2. The van der Waals surface area contributed by atoms with Crippen LogP contribution in [-0.2, 0) is 0 Å². The maximum atomic E-state index is 12.4. The predicted octanol–water partition coefficient (Wildman–Crippen LogP) is 9.79. The number of thioether (sulfide) groups is 1. The van der Waals surface area contributed by atoms with Crippen molar-refractivity contribution in [3.8, 4) is 5.75 Å². The highest BCUT2D eigenvalue weighted by molar-refractivity contribution is 7.99. The number of ether oxygens (including phenoxy) is 1. The Labute approximate surface area is 199 Å². The Hall–Kier alpha value is -2.18. The molecule has 0 fully saturated rings. The molecular weight excluding hydrogens is 444 g/mol. The van der Waals surface area contributed by atoms with E-state index in [1.807, 2.05) is 83.3 Å². The Morgan fingerprint density at radius 1 is 0.875 bits per heavy atom. The van der Waals surface area contributed by atoms with E-state index in [0.29, 0.717) is 0 Å². The molecule has 0 saturated heterocycles. The zero-order valence-electron chi connectivity index (χ0n) is 19.6. The quantitative estimate of drug-likeness (QED) is 0.373. The fraction of sp³-hybridized carbons (Fsp3) is 0.346. The van der Waals surface area contributed by atoms with E-state index in [4.69, 9.17) is 4.99 Å². The molecule has 174 valence electrons. The summed E-state index contributed by atoms with van der Waals surface area (Å²) >= 11 is 3.43. The third kappa shape index (κ3) is 8.06. The number of fused-ring (bicyclic) bond motifs is 1. The number of hydrogen-bond donors (Lipinski definition) is 0. The van der Waals surface area contributed by atoms with Crippen LogP contribution in [0.4, 0.5) is 14.5 Å². The largest absolute Gasteiger partial charge is 0.435 e. The lowest BCUT2D eigenvalue weighted by molar-refractivity contribution is -0.0498. The molecule has 32 heavy (non-hydrogen) atoms. The van der Waals surface area contributed by atoms with Gasteiger partial charge in [-0.2, -0.15) is 8.78 Å². The first-order valence-electron chi connectivity index (χ1n) is 11.1. The van der Waals surface area contributed by atoms with Gasteiger partial charge in [0.25, 0.3) is 0 Å². The third-order valence-electron chi connectivity index (χ3n) is 4.05. The second kappa shape index (κ2) is 15.6.